The summed E-state index contributed by atoms with van der Waals surface area (Å²) in [7, 11) is 0. The van der Waals surface area contributed by atoms with E-state index in [9.17, 15) is 0 Å². The Kier molecular flexibility index (Phi) is 3.01. The molecule has 2 aromatic rings. The van der Waals surface area contributed by atoms with Gasteiger partial charge >= 0.3 is 0 Å². The minimum Gasteiger partial charge on any atom is -0.379 e. The fourth-order valence-corrected chi connectivity index (χ4v) is 3.71. The van der Waals surface area contributed by atoms with Crippen molar-refractivity contribution in [3.8, 4) is 0 Å². The van der Waals surface area contributed by atoms with Crippen molar-refractivity contribution in [2.75, 3.05) is 26.3 Å². The topological polar surface area (TPSA) is 21.3 Å². The third-order valence-electron chi connectivity index (χ3n) is 4.96. The van der Waals surface area contributed by atoms with Crippen molar-refractivity contribution in [3.63, 3.8) is 0 Å². The summed E-state index contributed by atoms with van der Waals surface area (Å²) in [6.07, 6.45) is 2.58. The van der Waals surface area contributed by atoms with Gasteiger partial charge in [-0.15, -0.1) is 0 Å². The fraction of sp³-hybridized carbons (Fsp3) is 0.444. The monoisotopic (exact) mass is 267 g/mol. The van der Waals surface area contributed by atoms with Gasteiger partial charge in [0.2, 0.25) is 0 Å². The van der Waals surface area contributed by atoms with Crippen molar-refractivity contribution < 1.29 is 4.74 Å². The molecule has 0 amide bonds. The van der Waals surface area contributed by atoms with Crippen LogP contribution in [0.15, 0.2) is 42.5 Å². The first-order chi connectivity index (χ1) is 9.86. The number of fused-ring (bicyclic) bond motifs is 1. The van der Waals surface area contributed by atoms with Gasteiger partial charge in [-0.2, -0.15) is 0 Å². The highest BCUT2D eigenvalue weighted by molar-refractivity contribution is 5.83. The lowest BCUT2D eigenvalue weighted by Crippen LogP contribution is -2.48. The molecule has 0 saturated carbocycles. The minimum atomic E-state index is 0.265. The molecule has 2 aliphatic rings. The fourth-order valence-electron chi connectivity index (χ4n) is 3.71. The molecular weight excluding hydrogens is 246 g/mol. The summed E-state index contributed by atoms with van der Waals surface area (Å²) in [5.74, 6) is 0.811. The van der Waals surface area contributed by atoms with E-state index in [4.69, 9.17) is 4.74 Å². The molecule has 2 heteroatoms. The molecule has 104 valence electrons. The smallest absolute Gasteiger partial charge is 0.0585 e. The molecule has 0 spiro atoms. The van der Waals surface area contributed by atoms with Crippen molar-refractivity contribution >= 4 is 10.8 Å². The Morgan fingerprint density at radius 3 is 2.65 bits per heavy atom. The van der Waals surface area contributed by atoms with Crippen molar-refractivity contribution in [2.45, 2.75) is 18.3 Å². The number of rotatable bonds is 3. The lowest BCUT2D eigenvalue weighted by Gasteiger charge is -2.43. The first-order valence-electron chi connectivity index (χ1n) is 7.64. The number of benzene rings is 2. The zero-order valence-electron chi connectivity index (χ0n) is 11.8. The maximum Gasteiger partial charge on any atom is 0.0585 e. The van der Waals surface area contributed by atoms with Gasteiger partial charge in [0.1, 0.15) is 0 Å². The summed E-state index contributed by atoms with van der Waals surface area (Å²) in [4.78, 5) is 0. The first kappa shape index (κ1) is 12.4. The molecular formula is C18H21NO. The van der Waals surface area contributed by atoms with Crippen molar-refractivity contribution in [1.82, 2.24) is 5.32 Å². The Bertz CT molecular complexity index is 612. The zero-order valence-corrected chi connectivity index (χ0v) is 11.8. The SMILES string of the molecule is c1ccc2cc(C3(CC4CCNC4)COC3)ccc2c1. The summed E-state index contributed by atoms with van der Waals surface area (Å²) in [5, 5.41) is 6.16. The van der Waals surface area contributed by atoms with E-state index in [1.54, 1.807) is 0 Å². The van der Waals surface area contributed by atoms with Crippen molar-refractivity contribution in [2.24, 2.45) is 5.92 Å². The van der Waals surface area contributed by atoms with Gasteiger partial charge in [-0.1, -0.05) is 42.5 Å². The average Bonchev–Trinajstić information content (AvgIpc) is 2.95. The van der Waals surface area contributed by atoms with Gasteiger partial charge < -0.3 is 10.1 Å². The Labute approximate surface area is 120 Å². The van der Waals surface area contributed by atoms with Crippen LogP contribution in [0.3, 0.4) is 0 Å². The molecule has 4 rings (SSSR count). The standard InChI is InChI=1S/C18H21NO/c1-2-4-16-9-17(6-5-15(16)3-1)18(12-20-13-18)10-14-7-8-19-11-14/h1-6,9,14,19H,7-8,10-13H2. The van der Waals surface area contributed by atoms with Crippen LogP contribution in [0.5, 0.6) is 0 Å². The second-order valence-corrected chi connectivity index (χ2v) is 6.40. The summed E-state index contributed by atoms with van der Waals surface area (Å²) >= 11 is 0. The predicted octanol–water partition coefficient (Wildman–Crippen LogP) is 3.11. The van der Waals surface area contributed by atoms with Gasteiger partial charge in [-0.05, 0) is 48.2 Å². The molecule has 0 bridgehead atoms. The van der Waals surface area contributed by atoms with Crippen LogP contribution in [0.2, 0.25) is 0 Å². The van der Waals surface area contributed by atoms with E-state index in [0.717, 1.165) is 19.1 Å². The largest absolute Gasteiger partial charge is 0.379 e. The molecule has 20 heavy (non-hydrogen) atoms. The molecule has 1 unspecified atom stereocenters. The third kappa shape index (κ3) is 2.04. The maximum atomic E-state index is 5.59. The first-order valence-corrected chi connectivity index (χ1v) is 7.64. The molecule has 1 atom stereocenters. The lowest BCUT2D eigenvalue weighted by atomic mass is 9.71. The molecule has 0 aromatic heterocycles. The van der Waals surface area contributed by atoms with Crippen LogP contribution in [0.25, 0.3) is 10.8 Å². The van der Waals surface area contributed by atoms with Crippen LogP contribution in [0.4, 0.5) is 0 Å². The van der Waals surface area contributed by atoms with Crippen LogP contribution < -0.4 is 5.32 Å². The third-order valence-corrected chi connectivity index (χ3v) is 4.96. The molecule has 2 aromatic carbocycles. The molecule has 0 aliphatic carbocycles. The minimum absolute atomic E-state index is 0.265. The summed E-state index contributed by atoms with van der Waals surface area (Å²) < 4.78 is 5.59. The number of hydrogen-bond acceptors (Lipinski definition) is 2. The Morgan fingerprint density at radius 1 is 1.10 bits per heavy atom. The van der Waals surface area contributed by atoms with Gasteiger partial charge in [-0.25, -0.2) is 0 Å². The number of nitrogens with one attached hydrogen (secondary N) is 1. The molecule has 2 fully saturated rings. The van der Waals surface area contributed by atoms with Crippen molar-refractivity contribution in [1.29, 1.82) is 0 Å². The van der Waals surface area contributed by atoms with E-state index in [1.165, 1.54) is 42.3 Å². The molecule has 2 nitrogen and oxygen atoms in total. The highest BCUT2D eigenvalue weighted by Crippen LogP contribution is 2.40. The number of ether oxygens (including phenoxy) is 1. The highest BCUT2D eigenvalue weighted by atomic mass is 16.5. The van der Waals surface area contributed by atoms with Crippen LogP contribution in [-0.4, -0.2) is 26.3 Å². The molecule has 2 saturated heterocycles. The van der Waals surface area contributed by atoms with Gasteiger partial charge in [0.05, 0.1) is 13.2 Å². The second-order valence-electron chi connectivity index (χ2n) is 6.40. The van der Waals surface area contributed by atoms with E-state index in [1.807, 2.05) is 0 Å². The van der Waals surface area contributed by atoms with Crippen molar-refractivity contribution in [3.05, 3.63) is 48.0 Å². The van der Waals surface area contributed by atoms with Crippen LogP contribution >= 0.6 is 0 Å². The van der Waals surface area contributed by atoms with E-state index < -0.39 is 0 Å². The average molecular weight is 267 g/mol. The summed E-state index contributed by atoms with van der Waals surface area (Å²) in [5.41, 5.74) is 1.73. The molecule has 2 heterocycles. The quantitative estimate of drug-likeness (QED) is 0.922. The summed E-state index contributed by atoms with van der Waals surface area (Å²) in [6, 6.07) is 15.6. The van der Waals surface area contributed by atoms with Gasteiger partial charge in [0.15, 0.2) is 0 Å². The van der Waals surface area contributed by atoms with E-state index in [2.05, 4.69) is 47.8 Å². The van der Waals surface area contributed by atoms with Crippen LogP contribution in [0.1, 0.15) is 18.4 Å². The molecule has 0 radical (unpaired) electrons. The Balaban J connectivity index is 1.67. The molecule has 1 N–H and O–H groups in total. The lowest BCUT2D eigenvalue weighted by molar-refractivity contribution is -0.0705. The highest BCUT2D eigenvalue weighted by Gasteiger charge is 2.42. The van der Waals surface area contributed by atoms with E-state index >= 15 is 0 Å². The molecule has 2 aliphatic heterocycles. The maximum absolute atomic E-state index is 5.59. The number of hydrogen-bond donors (Lipinski definition) is 1. The summed E-state index contributed by atoms with van der Waals surface area (Å²) in [6.45, 7) is 4.14. The van der Waals surface area contributed by atoms with E-state index in [-0.39, 0.29) is 5.41 Å². The Hall–Kier alpha value is -1.38. The second kappa shape index (κ2) is 4.87. The predicted molar refractivity (Wildman–Crippen MR) is 82.0 cm³/mol. The zero-order chi connectivity index (χ0) is 13.4. The van der Waals surface area contributed by atoms with E-state index in [0.29, 0.717) is 0 Å². The van der Waals surface area contributed by atoms with Crippen LogP contribution in [0, 0.1) is 5.92 Å². The normalized spacial score (nSPS) is 24.7. The van der Waals surface area contributed by atoms with Gasteiger partial charge in [0, 0.05) is 5.41 Å². The Morgan fingerprint density at radius 2 is 1.95 bits per heavy atom. The van der Waals surface area contributed by atoms with Crippen LogP contribution in [-0.2, 0) is 10.2 Å². The van der Waals surface area contributed by atoms with Gasteiger partial charge in [0.25, 0.3) is 0 Å². The van der Waals surface area contributed by atoms with Gasteiger partial charge in [-0.3, -0.25) is 0 Å².